The summed E-state index contributed by atoms with van der Waals surface area (Å²) in [6.07, 6.45) is 2.86. The van der Waals surface area contributed by atoms with E-state index in [-0.39, 0.29) is 31.3 Å². The van der Waals surface area contributed by atoms with Crippen molar-refractivity contribution in [1.29, 1.82) is 0 Å². The second-order valence-electron chi connectivity index (χ2n) is 6.25. The van der Waals surface area contributed by atoms with Gasteiger partial charge in [0.2, 0.25) is 15.9 Å². The van der Waals surface area contributed by atoms with Crippen molar-refractivity contribution >= 4 is 21.9 Å². The smallest absolute Gasteiger partial charge is 0.303 e. The molecule has 1 aromatic rings. The summed E-state index contributed by atoms with van der Waals surface area (Å²) in [6, 6.07) is 4.90. The van der Waals surface area contributed by atoms with Crippen LogP contribution in [0.3, 0.4) is 0 Å². The molecule has 2 N–H and O–H groups in total. The summed E-state index contributed by atoms with van der Waals surface area (Å²) in [5.74, 6) is -1.98. The number of aliphatic carboxylic acids is 1. The van der Waals surface area contributed by atoms with E-state index in [0.717, 1.165) is 31.4 Å². The van der Waals surface area contributed by atoms with Gasteiger partial charge in [-0.3, -0.25) is 9.59 Å². The number of benzene rings is 1. The SMILES string of the molecule is O=C(O)CCC1CCCCN1C(=O)CCNS(=O)(=O)c1ccccc1F. The fraction of sp³-hybridized carbons (Fsp3) is 0.529. The summed E-state index contributed by atoms with van der Waals surface area (Å²) >= 11 is 0. The zero-order valence-electron chi connectivity index (χ0n) is 14.4. The van der Waals surface area contributed by atoms with Gasteiger partial charge in [0, 0.05) is 32.0 Å². The molecule has 1 saturated heterocycles. The van der Waals surface area contributed by atoms with Crippen LogP contribution >= 0.6 is 0 Å². The van der Waals surface area contributed by atoms with E-state index in [0.29, 0.717) is 13.0 Å². The minimum absolute atomic E-state index is 0.00560. The molecule has 0 aliphatic carbocycles. The number of likely N-dealkylation sites (tertiary alicyclic amines) is 1. The molecule has 26 heavy (non-hydrogen) atoms. The van der Waals surface area contributed by atoms with Gasteiger partial charge in [-0.05, 0) is 37.8 Å². The van der Waals surface area contributed by atoms with E-state index in [1.165, 1.54) is 12.1 Å². The van der Waals surface area contributed by atoms with Crippen molar-refractivity contribution in [3.05, 3.63) is 30.1 Å². The highest BCUT2D eigenvalue weighted by molar-refractivity contribution is 7.89. The third kappa shape index (κ3) is 5.50. The first-order valence-electron chi connectivity index (χ1n) is 8.56. The molecule has 0 saturated carbocycles. The first-order valence-corrected chi connectivity index (χ1v) is 10.0. The second-order valence-corrected chi connectivity index (χ2v) is 7.98. The average Bonchev–Trinajstić information content (AvgIpc) is 2.60. The molecule has 1 aliphatic heterocycles. The monoisotopic (exact) mass is 386 g/mol. The van der Waals surface area contributed by atoms with E-state index in [1.807, 2.05) is 0 Å². The van der Waals surface area contributed by atoms with Crippen LogP contribution in [-0.2, 0) is 19.6 Å². The van der Waals surface area contributed by atoms with Gasteiger partial charge in [-0.15, -0.1) is 0 Å². The maximum Gasteiger partial charge on any atom is 0.303 e. The molecule has 1 unspecified atom stereocenters. The lowest BCUT2D eigenvalue weighted by molar-refractivity contribution is -0.140. The number of nitrogens with zero attached hydrogens (tertiary/aromatic N) is 1. The molecule has 1 amide bonds. The van der Waals surface area contributed by atoms with Gasteiger partial charge in [0.25, 0.3) is 0 Å². The highest BCUT2D eigenvalue weighted by Crippen LogP contribution is 2.22. The topological polar surface area (TPSA) is 104 Å². The minimum atomic E-state index is -4.03. The quantitative estimate of drug-likeness (QED) is 0.708. The van der Waals surface area contributed by atoms with Gasteiger partial charge in [0.1, 0.15) is 10.7 Å². The van der Waals surface area contributed by atoms with Crippen molar-refractivity contribution in [3.8, 4) is 0 Å². The molecular weight excluding hydrogens is 363 g/mol. The molecule has 0 radical (unpaired) electrons. The van der Waals surface area contributed by atoms with Crippen molar-refractivity contribution in [3.63, 3.8) is 0 Å². The minimum Gasteiger partial charge on any atom is -0.481 e. The number of piperidine rings is 1. The molecule has 9 heteroatoms. The number of amides is 1. The lowest BCUT2D eigenvalue weighted by Gasteiger charge is -2.35. The summed E-state index contributed by atoms with van der Waals surface area (Å²) in [4.78, 5) is 24.4. The predicted molar refractivity (Wildman–Crippen MR) is 92.4 cm³/mol. The lowest BCUT2D eigenvalue weighted by Crippen LogP contribution is -2.45. The van der Waals surface area contributed by atoms with Crippen LogP contribution in [0.2, 0.25) is 0 Å². The fourth-order valence-corrected chi connectivity index (χ4v) is 4.20. The van der Waals surface area contributed by atoms with Gasteiger partial charge < -0.3 is 10.0 Å². The normalized spacial score (nSPS) is 17.9. The van der Waals surface area contributed by atoms with Gasteiger partial charge in [-0.2, -0.15) is 0 Å². The number of carboxylic acid groups (broad SMARTS) is 1. The standard InChI is InChI=1S/C17H23FN2O5S/c18-14-6-1-2-7-15(14)26(24,25)19-11-10-16(21)20-12-4-3-5-13(20)8-9-17(22)23/h1-2,6-7,13,19H,3-5,8-12H2,(H,22,23). The third-order valence-electron chi connectivity index (χ3n) is 4.40. The Labute approximate surface area is 152 Å². The van der Waals surface area contributed by atoms with E-state index < -0.39 is 26.7 Å². The molecule has 1 atom stereocenters. The number of carbonyl (C=O) groups excluding carboxylic acids is 1. The molecule has 1 aromatic carbocycles. The maximum absolute atomic E-state index is 13.6. The molecule has 7 nitrogen and oxygen atoms in total. The van der Waals surface area contributed by atoms with Crippen LogP contribution in [0.15, 0.2) is 29.2 Å². The van der Waals surface area contributed by atoms with Crippen molar-refractivity contribution < 1.29 is 27.5 Å². The summed E-state index contributed by atoms with van der Waals surface area (Å²) < 4.78 is 40.1. The second kappa shape index (κ2) is 9.09. The first kappa shape index (κ1) is 20.3. The van der Waals surface area contributed by atoms with Gasteiger partial charge >= 0.3 is 5.97 Å². The Morgan fingerprint density at radius 3 is 2.65 bits per heavy atom. The Morgan fingerprint density at radius 1 is 1.23 bits per heavy atom. The summed E-state index contributed by atoms with van der Waals surface area (Å²) in [5, 5.41) is 8.82. The van der Waals surface area contributed by atoms with E-state index in [9.17, 15) is 22.4 Å². The van der Waals surface area contributed by atoms with Crippen molar-refractivity contribution in [2.75, 3.05) is 13.1 Å². The Morgan fingerprint density at radius 2 is 1.96 bits per heavy atom. The molecule has 1 fully saturated rings. The van der Waals surface area contributed by atoms with Gasteiger partial charge in [-0.1, -0.05) is 12.1 Å². The number of carbonyl (C=O) groups is 2. The van der Waals surface area contributed by atoms with Gasteiger partial charge in [0.15, 0.2) is 0 Å². The lowest BCUT2D eigenvalue weighted by atomic mass is 9.97. The van der Waals surface area contributed by atoms with E-state index >= 15 is 0 Å². The zero-order chi connectivity index (χ0) is 19.2. The molecule has 0 spiro atoms. The highest BCUT2D eigenvalue weighted by Gasteiger charge is 2.27. The van der Waals surface area contributed by atoms with E-state index in [1.54, 1.807) is 4.90 Å². The van der Waals surface area contributed by atoms with Crippen LogP contribution in [0.5, 0.6) is 0 Å². The van der Waals surface area contributed by atoms with Crippen LogP contribution in [0, 0.1) is 5.82 Å². The summed E-state index contributed by atoms with van der Waals surface area (Å²) in [6.45, 7) is 0.404. The number of hydrogen-bond acceptors (Lipinski definition) is 4. The summed E-state index contributed by atoms with van der Waals surface area (Å²) in [5.41, 5.74) is 0. The van der Waals surface area contributed by atoms with Gasteiger partial charge in [-0.25, -0.2) is 17.5 Å². The van der Waals surface area contributed by atoms with Crippen LogP contribution < -0.4 is 4.72 Å². The predicted octanol–water partition coefficient (Wildman–Crippen LogP) is 1.74. The van der Waals surface area contributed by atoms with E-state index in [2.05, 4.69) is 4.72 Å². The Bertz CT molecular complexity index is 753. The van der Waals surface area contributed by atoms with Crippen molar-refractivity contribution in [2.24, 2.45) is 0 Å². The summed E-state index contributed by atoms with van der Waals surface area (Å²) in [7, 11) is -4.03. The van der Waals surface area contributed by atoms with Crippen LogP contribution in [-0.4, -0.2) is 49.4 Å². The number of rotatable bonds is 8. The molecule has 2 rings (SSSR count). The zero-order valence-corrected chi connectivity index (χ0v) is 15.2. The number of nitrogens with one attached hydrogen (secondary N) is 1. The molecule has 0 bridgehead atoms. The third-order valence-corrected chi connectivity index (χ3v) is 5.89. The number of sulfonamides is 1. The van der Waals surface area contributed by atoms with Crippen molar-refractivity contribution in [1.82, 2.24) is 9.62 Å². The Hall–Kier alpha value is -2.00. The molecule has 1 aliphatic rings. The van der Waals surface area contributed by atoms with E-state index in [4.69, 9.17) is 5.11 Å². The van der Waals surface area contributed by atoms with Crippen molar-refractivity contribution in [2.45, 2.75) is 49.5 Å². The molecule has 144 valence electrons. The van der Waals surface area contributed by atoms with Crippen LogP contribution in [0.25, 0.3) is 0 Å². The Kier molecular flexibility index (Phi) is 7.10. The molecule has 1 heterocycles. The fourth-order valence-electron chi connectivity index (χ4n) is 3.10. The maximum atomic E-state index is 13.6. The average molecular weight is 386 g/mol. The molecular formula is C17H23FN2O5S. The van der Waals surface area contributed by atoms with Gasteiger partial charge in [0.05, 0.1) is 0 Å². The highest BCUT2D eigenvalue weighted by atomic mass is 32.2. The number of carboxylic acids is 1. The molecule has 0 aromatic heterocycles. The first-order chi connectivity index (χ1) is 12.3. The largest absolute Gasteiger partial charge is 0.481 e. The number of hydrogen-bond donors (Lipinski definition) is 2. The number of halogens is 1. The van der Waals surface area contributed by atoms with Crippen LogP contribution in [0.1, 0.15) is 38.5 Å². The Balaban J connectivity index is 1.90. The van der Waals surface area contributed by atoms with Crippen LogP contribution in [0.4, 0.5) is 4.39 Å².